The van der Waals surface area contributed by atoms with Gasteiger partial charge in [-0.2, -0.15) is 12.6 Å². The predicted molar refractivity (Wildman–Crippen MR) is 74.2 cm³/mol. The maximum absolute atomic E-state index is 13.2. The van der Waals surface area contributed by atoms with Gasteiger partial charge in [0.1, 0.15) is 11.6 Å². The Bertz CT molecular complexity index is 706. The number of nitrogens with one attached hydrogen (secondary N) is 1. The third kappa shape index (κ3) is 1.99. The first kappa shape index (κ1) is 11.3. The number of fused-ring (bicyclic) bond motifs is 1. The summed E-state index contributed by atoms with van der Waals surface area (Å²) in [5.41, 5.74) is 3.69. The summed E-state index contributed by atoms with van der Waals surface area (Å²) >= 11 is 4.24. The molecule has 90 valence electrons. The fraction of sp³-hybridized carbons (Fsp3) is 0.0714. The number of H-pyrrole nitrogens is 1. The van der Waals surface area contributed by atoms with Crippen molar-refractivity contribution in [3.63, 3.8) is 0 Å². The van der Waals surface area contributed by atoms with Crippen LogP contribution < -0.4 is 0 Å². The van der Waals surface area contributed by atoms with Crippen molar-refractivity contribution in [2.24, 2.45) is 0 Å². The lowest BCUT2D eigenvalue weighted by Crippen LogP contribution is -1.81. The quantitative estimate of drug-likeness (QED) is 0.672. The lowest BCUT2D eigenvalue weighted by molar-refractivity contribution is 0.628. The molecule has 0 aliphatic heterocycles. The molecule has 0 unspecified atom stereocenters. The van der Waals surface area contributed by atoms with E-state index in [4.69, 9.17) is 0 Å². The summed E-state index contributed by atoms with van der Waals surface area (Å²) in [5, 5.41) is 0. The van der Waals surface area contributed by atoms with Crippen molar-refractivity contribution in [3.05, 3.63) is 53.8 Å². The van der Waals surface area contributed by atoms with E-state index in [1.165, 1.54) is 12.1 Å². The molecule has 0 bridgehead atoms. The number of thiol groups is 1. The summed E-state index contributed by atoms with van der Waals surface area (Å²) in [7, 11) is 0. The number of aromatic nitrogens is 2. The van der Waals surface area contributed by atoms with Gasteiger partial charge < -0.3 is 4.98 Å². The number of hydrogen-bond donors (Lipinski definition) is 2. The normalized spacial score (nSPS) is 11.0. The molecule has 0 spiro atoms. The molecular formula is C14H11FN2S. The van der Waals surface area contributed by atoms with Gasteiger partial charge in [0.2, 0.25) is 0 Å². The number of imidazole rings is 1. The van der Waals surface area contributed by atoms with E-state index in [2.05, 4.69) is 22.6 Å². The molecule has 0 aliphatic rings. The zero-order valence-electron chi connectivity index (χ0n) is 9.52. The van der Waals surface area contributed by atoms with Crippen LogP contribution in [-0.4, -0.2) is 9.97 Å². The summed E-state index contributed by atoms with van der Waals surface area (Å²) in [6.45, 7) is 0. The largest absolute Gasteiger partial charge is 0.338 e. The van der Waals surface area contributed by atoms with E-state index in [-0.39, 0.29) is 5.82 Å². The maximum Gasteiger partial charge on any atom is 0.138 e. The second-order valence-corrected chi connectivity index (χ2v) is 4.42. The Kier molecular flexibility index (Phi) is 2.80. The van der Waals surface area contributed by atoms with Gasteiger partial charge in [-0.1, -0.05) is 18.2 Å². The van der Waals surface area contributed by atoms with Gasteiger partial charge in [-0.3, -0.25) is 0 Å². The monoisotopic (exact) mass is 258 g/mol. The van der Waals surface area contributed by atoms with Gasteiger partial charge in [0.15, 0.2) is 0 Å². The zero-order chi connectivity index (χ0) is 12.5. The molecule has 18 heavy (non-hydrogen) atoms. The molecule has 0 amide bonds. The first-order chi connectivity index (χ1) is 8.76. The van der Waals surface area contributed by atoms with E-state index < -0.39 is 0 Å². The summed E-state index contributed by atoms with van der Waals surface area (Å²) in [4.78, 5) is 7.65. The minimum Gasteiger partial charge on any atom is -0.338 e. The van der Waals surface area contributed by atoms with Gasteiger partial charge in [-0.25, -0.2) is 9.37 Å². The van der Waals surface area contributed by atoms with Crippen LogP contribution in [0.2, 0.25) is 0 Å². The fourth-order valence-electron chi connectivity index (χ4n) is 1.93. The van der Waals surface area contributed by atoms with Crippen LogP contribution in [0.3, 0.4) is 0 Å². The van der Waals surface area contributed by atoms with Gasteiger partial charge in [0.05, 0.1) is 11.0 Å². The zero-order valence-corrected chi connectivity index (χ0v) is 10.4. The van der Waals surface area contributed by atoms with Crippen molar-refractivity contribution in [1.82, 2.24) is 9.97 Å². The van der Waals surface area contributed by atoms with Crippen LogP contribution in [0.1, 0.15) is 5.56 Å². The molecule has 3 rings (SSSR count). The van der Waals surface area contributed by atoms with Crippen molar-refractivity contribution in [2.75, 3.05) is 0 Å². The van der Waals surface area contributed by atoms with E-state index >= 15 is 0 Å². The number of hydrogen-bond acceptors (Lipinski definition) is 2. The average Bonchev–Trinajstić information content (AvgIpc) is 2.81. The molecule has 0 saturated carbocycles. The Labute approximate surface area is 109 Å². The molecule has 4 heteroatoms. The fourth-order valence-corrected chi connectivity index (χ4v) is 2.12. The van der Waals surface area contributed by atoms with Gasteiger partial charge in [0.25, 0.3) is 0 Å². The summed E-state index contributed by atoms with van der Waals surface area (Å²) in [6, 6.07) is 12.4. The number of halogens is 1. The van der Waals surface area contributed by atoms with Crippen molar-refractivity contribution >= 4 is 23.7 Å². The third-order valence-corrected chi connectivity index (χ3v) is 3.19. The van der Waals surface area contributed by atoms with E-state index in [9.17, 15) is 4.39 Å². The summed E-state index contributed by atoms with van der Waals surface area (Å²) in [5.74, 6) is 1.11. The van der Waals surface area contributed by atoms with Crippen molar-refractivity contribution in [2.45, 2.75) is 5.75 Å². The first-order valence-electron chi connectivity index (χ1n) is 5.62. The lowest BCUT2D eigenvalue weighted by atomic mass is 10.2. The Morgan fingerprint density at radius 2 is 2.06 bits per heavy atom. The van der Waals surface area contributed by atoms with E-state index in [1.807, 2.05) is 24.3 Å². The molecule has 1 N–H and O–H groups in total. The maximum atomic E-state index is 13.2. The van der Waals surface area contributed by atoms with E-state index in [1.54, 1.807) is 6.07 Å². The van der Waals surface area contributed by atoms with Crippen LogP contribution in [0.4, 0.5) is 4.39 Å². The molecule has 1 heterocycles. The molecule has 0 fully saturated rings. The van der Waals surface area contributed by atoms with Gasteiger partial charge in [0, 0.05) is 11.3 Å². The Morgan fingerprint density at radius 3 is 2.83 bits per heavy atom. The number of rotatable bonds is 2. The summed E-state index contributed by atoms with van der Waals surface area (Å²) < 4.78 is 13.2. The van der Waals surface area contributed by atoms with Crippen LogP contribution in [0.5, 0.6) is 0 Å². The van der Waals surface area contributed by atoms with Crippen LogP contribution >= 0.6 is 12.6 Å². The molecule has 2 nitrogen and oxygen atoms in total. The van der Waals surface area contributed by atoms with E-state index in [0.29, 0.717) is 11.6 Å². The van der Waals surface area contributed by atoms with E-state index in [0.717, 1.165) is 22.2 Å². The second kappa shape index (κ2) is 4.46. The number of benzene rings is 2. The van der Waals surface area contributed by atoms with Crippen LogP contribution in [0.25, 0.3) is 22.4 Å². The Hall–Kier alpha value is -1.81. The Balaban J connectivity index is 2.13. The highest BCUT2D eigenvalue weighted by atomic mass is 32.1. The SMILES string of the molecule is Fc1cccc(-c2nc3ccc(CS)cc3[nH]2)c1. The molecule has 3 aromatic rings. The van der Waals surface area contributed by atoms with Gasteiger partial charge in [-0.15, -0.1) is 0 Å². The topological polar surface area (TPSA) is 28.7 Å². The highest BCUT2D eigenvalue weighted by Gasteiger charge is 2.06. The third-order valence-electron chi connectivity index (χ3n) is 2.83. The van der Waals surface area contributed by atoms with Gasteiger partial charge >= 0.3 is 0 Å². The summed E-state index contributed by atoms with van der Waals surface area (Å²) in [6.07, 6.45) is 0. The van der Waals surface area contributed by atoms with Crippen LogP contribution in [-0.2, 0) is 5.75 Å². The lowest BCUT2D eigenvalue weighted by Gasteiger charge is -1.95. The standard InChI is InChI=1S/C14H11FN2S/c15-11-3-1-2-10(7-11)14-16-12-5-4-9(8-18)6-13(12)17-14/h1-7,18H,8H2,(H,16,17). The first-order valence-corrected chi connectivity index (χ1v) is 6.25. The second-order valence-electron chi connectivity index (χ2n) is 4.11. The molecule has 0 radical (unpaired) electrons. The molecule has 2 aromatic carbocycles. The van der Waals surface area contributed by atoms with Crippen LogP contribution in [0, 0.1) is 5.82 Å². The minimum absolute atomic E-state index is 0.260. The smallest absolute Gasteiger partial charge is 0.138 e. The number of aromatic amines is 1. The molecular weight excluding hydrogens is 247 g/mol. The van der Waals surface area contributed by atoms with Crippen molar-refractivity contribution in [3.8, 4) is 11.4 Å². The average molecular weight is 258 g/mol. The molecule has 1 aromatic heterocycles. The molecule has 0 saturated heterocycles. The highest BCUT2D eigenvalue weighted by molar-refractivity contribution is 7.79. The van der Waals surface area contributed by atoms with Gasteiger partial charge in [-0.05, 0) is 29.8 Å². The predicted octanol–water partition coefficient (Wildman–Crippen LogP) is 3.80. The van der Waals surface area contributed by atoms with Crippen molar-refractivity contribution < 1.29 is 4.39 Å². The van der Waals surface area contributed by atoms with Crippen molar-refractivity contribution in [1.29, 1.82) is 0 Å². The number of nitrogens with zero attached hydrogens (tertiary/aromatic N) is 1. The molecule has 0 aliphatic carbocycles. The molecule has 0 atom stereocenters. The minimum atomic E-state index is -0.260. The highest BCUT2D eigenvalue weighted by Crippen LogP contribution is 2.22. The van der Waals surface area contributed by atoms with Crippen LogP contribution in [0.15, 0.2) is 42.5 Å². The Morgan fingerprint density at radius 1 is 1.17 bits per heavy atom.